The molecule has 0 fully saturated rings. The Hall–Kier alpha value is -1.49. The van der Waals surface area contributed by atoms with Gasteiger partial charge in [0.25, 0.3) is 0 Å². The summed E-state index contributed by atoms with van der Waals surface area (Å²) in [6, 6.07) is 5.64. The number of aryl methyl sites for hydroxylation is 2. The van der Waals surface area contributed by atoms with Gasteiger partial charge >= 0.3 is 6.18 Å². The van der Waals surface area contributed by atoms with Gasteiger partial charge in [0.2, 0.25) is 0 Å². The summed E-state index contributed by atoms with van der Waals surface area (Å²) < 4.78 is 39.7. The van der Waals surface area contributed by atoms with Crippen molar-refractivity contribution in [2.24, 2.45) is 12.8 Å². The van der Waals surface area contributed by atoms with E-state index in [-0.39, 0.29) is 0 Å². The molecule has 18 heavy (non-hydrogen) atoms. The average molecular weight is 256 g/mol. The van der Waals surface area contributed by atoms with Gasteiger partial charge in [0.1, 0.15) is 0 Å². The molecule has 0 aliphatic heterocycles. The minimum Gasteiger partial charge on any atom is -0.348 e. The molecule has 0 radical (unpaired) electrons. The molecule has 2 nitrogen and oxygen atoms in total. The third-order valence-electron chi connectivity index (χ3n) is 3.11. The van der Waals surface area contributed by atoms with Crippen molar-refractivity contribution in [2.75, 3.05) is 6.54 Å². The minimum absolute atomic E-state index is 0.579. The van der Waals surface area contributed by atoms with Crippen LogP contribution < -0.4 is 5.73 Å². The van der Waals surface area contributed by atoms with E-state index in [2.05, 4.69) is 0 Å². The Balaban J connectivity index is 2.45. The molecule has 2 rings (SSSR count). The van der Waals surface area contributed by atoms with Gasteiger partial charge in [0, 0.05) is 23.6 Å². The van der Waals surface area contributed by atoms with E-state index in [1.807, 2.05) is 11.6 Å². The normalized spacial score (nSPS) is 12.3. The highest BCUT2D eigenvalue weighted by atomic mass is 19.4. The van der Waals surface area contributed by atoms with Crippen LogP contribution in [-0.2, 0) is 19.6 Å². The molecule has 1 aromatic heterocycles. The quantitative estimate of drug-likeness (QED) is 0.898. The Bertz CT molecular complexity index is 555. The fourth-order valence-corrected chi connectivity index (χ4v) is 2.11. The lowest BCUT2D eigenvalue weighted by molar-refractivity contribution is -0.137. The summed E-state index contributed by atoms with van der Waals surface area (Å²) in [5.41, 5.74) is 6.66. The fourth-order valence-electron chi connectivity index (χ4n) is 2.11. The number of hydrogen-bond acceptors (Lipinski definition) is 1. The van der Waals surface area contributed by atoms with Gasteiger partial charge in [0.05, 0.1) is 5.56 Å². The van der Waals surface area contributed by atoms with Crippen LogP contribution in [0.5, 0.6) is 0 Å². The summed E-state index contributed by atoms with van der Waals surface area (Å²) in [6.45, 7) is 0.579. The van der Waals surface area contributed by atoms with Crippen LogP contribution in [0.2, 0.25) is 0 Å². The Morgan fingerprint density at radius 2 is 1.94 bits per heavy atom. The minimum atomic E-state index is -4.29. The number of fused-ring (bicyclic) bond motifs is 1. The topological polar surface area (TPSA) is 30.9 Å². The zero-order valence-corrected chi connectivity index (χ0v) is 10.1. The second kappa shape index (κ2) is 4.65. The number of benzene rings is 1. The summed E-state index contributed by atoms with van der Waals surface area (Å²) in [5, 5.41) is 0.624. The zero-order valence-electron chi connectivity index (χ0n) is 10.1. The van der Waals surface area contributed by atoms with E-state index < -0.39 is 11.7 Å². The van der Waals surface area contributed by atoms with E-state index in [1.54, 1.807) is 6.07 Å². The van der Waals surface area contributed by atoms with Crippen molar-refractivity contribution in [1.82, 2.24) is 4.57 Å². The lowest BCUT2D eigenvalue weighted by atomic mass is 10.1. The maximum atomic E-state index is 12.6. The predicted octanol–water partition coefficient (Wildman–Crippen LogP) is 3.09. The summed E-state index contributed by atoms with van der Waals surface area (Å²) in [7, 11) is 1.86. The molecule has 98 valence electrons. The Morgan fingerprint density at radius 3 is 2.56 bits per heavy atom. The third-order valence-corrected chi connectivity index (χ3v) is 3.11. The molecule has 0 unspecified atom stereocenters. The lowest BCUT2D eigenvalue weighted by Crippen LogP contribution is -2.04. The standard InChI is InChI=1S/C13H15F3N2/c1-18-11(3-2-6-17)8-9-7-10(13(14,15)16)4-5-12(9)18/h4-5,7-8H,2-3,6,17H2,1H3. The average Bonchev–Trinajstić information content (AvgIpc) is 2.62. The van der Waals surface area contributed by atoms with Gasteiger partial charge in [-0.15, -0.1) is 0 Å². The van der Waals surface area contributed by atoms with E-state index in [9.17, 15) is 13.2 Å². The first kappa shape index (κ1) is 13.0. The molecule has 1 aromatic carbocycles. The van der Waals surface area contributed by atoms with Gasteiger partial charge < -0.3 is 10.3 Å². The predicted molar refractivity (Wildman–Crippen MR) is 65.3 cm³/mol. The van der Waals surface area contributed by atoms with Gasteiger partial charge in [0.15, 0.2) is 0 Å². The first-order chi connectivity index (χ1) is 8.43. The largest absolute Gasteiger partial charge is 0.416 e. The summed E-state index contributed by atoms with van der Waals surface area (Å²) >= 11 is 0. The van der Waals surface area contributed by atoms with Crippen molar-refractivity contribution in [3.8, 4) is 0 Å². The molecule has 1 heterocycles. The molecule has 0 bridgehead atoms. The molecule has 0 spiro atoms. The first-order valence-electron chi connectivity index (χ1n) is 5.79. The van der Waals surface area contributed by atoms with Crippen molar-refractivity contribution in [3.05, 3.63) is 35.5 Å². The molecular formula is C13H15F3N2. The Labute approximate surface area is 103 Å². The van der Waals surface area contributed by atoms with E-state index >= 15 is 0 Å². The SMILES string of the molecule is Cn1c(CCCN)cc2cc(C(F)(F)F)ccc21. The molecule has 0 atom stereocenters. The van der Waals surface area contributed by atoms with Gasteiger partial charge in [-0.25, -0.2) is 0 Å². The maximum Gasteiger partial charge on any atom is 0.416 e. The molecular weight excluding hydrogens is 241 g/mol. The number of rotatable bonds is 3. The molecule has 0 amide bonds. The number of aromatic nitrogens is 1. The number of hydrogen-bond donors (Lipinski definition) is 1. The second-order valence-corrected chi connectivity index (χ2v) is 4.36. The molecule has 0 saturated heterocycles. The number of alkyl halides is 3. The van der Waals surface area contributed by atoms with Crippen LogP contribution in [0.1, 0.15) is 17.7 Å². The molecule has 2 aromatic rings. The summed E-state index contributed by atoms with van der Waals surface area (Å²) in [4.78, 5) is 0. The van der Waals surface area contributed by atoms with Crippen molar-refractivity contribution >= 4 is 10.9 Å². The van der Waals surface area contributed by atoms with Crippen LogP contribution in [0.3, 0.4) is 0 Å². The van der Waals surface area contributed by atoms with Crippen molar-refractivity contribution in [3.63, 3.8) is 0 Å². The molecule has 0 aliphatic rings. The van der Waals surface area contributed by atoms with Gasteiger partial charge in [-0.05, 0) is 43.7 Å². The highest BCUT2D eigenvalue weighted by molar-refractivity contribution is 5.82. The molecule has 0 aliphatic carbocycles. The van der Waals surface area contributed by atoms with E-state index in [0.29, 0.717) is 11.9 Å². The van der Waals surface area contributed by atoms with Crippen LogP contribution in [0.15, 0.2) is 24.3 Å². The summed E-state index contributed by atoms with van der Waals surface area (Å²) in [6.07, 6.45) is -2.68. The molecule has 5 heteroatoms. The van der Waals surface area contributed by atoms with Gasteiger partial charge in [-0.3, -0.25) is 0 Å². The summed E-state index contributed by atoms with van der Waals surface area (Å²) in [5.74, 6) is 0. The highest BCUT2D eigenvalue weighted by Gasteiger charge is 2.30. The van der Waals surface area contributed by atoms with E-state index in [4.69, 9.17) is 5.73 Å². The second-order valence-electron chi connectivity index (χ2n) is 4.36. The number of nitrogens with two attached hydrogens (primary N) is 1. The Kier molecular flexibility index (Phi) is 3.34. The van der Waals surface area contributed by atoms with Gasteiger partial charge in [-0.1, -0.05) is 0 Å². The van der Waals surface area contributed by atoms with Crippen LogP contribution in [-0.4, -0.2) is 11.1 Å². The molecule has 2 N–H and O–H groups in total. The van der Waals surface area contributed by atoms with Crippen LogP contribution in [0, 0.1) is 0 Å². The van der Waals surface area contributed by atoms with Crippen LogP contribution >= 0.6 is 0 Å². The Morgan fingerprint density at radius 1 is 1.22 bits per heavy atom. The van der Waals surface area contributed by atoms with E-state index in [1.165, 1.54) is 12.1 Å². The van der Waals surface area contributed by atoms with Crippen LogP contribution in [0.4, 0.5) is 13.2 Å². The van der Waals surface area contributed by atoms with Crippen molar-refractivity contribution in [1.29, 1.82) is 0 Å². The van der Waals surface area contributed by atoms with Crippen molar-refractivity contribution in [2.45, 2.75) is 19.0 Å². The van der Waals surface area contributed by atoms with E-state index in [0.717, 1.165) is 30.1 Å². The molecule has 0 saturated carbocycles. The zero-order chi connectivity index (χ0) is 13.3. The number of nitrogens with zero attached hydrogens (tertiary/aromatic N) is 1. The maximum absolute atomic E-state index is 12.6. The third kappa shape index (κ3) is 2.36. The van der Waals surface area contributed by atoms with Crippen LogP contribution in [0.25, 0.3) is 10.9 Å². The number of halogens is 3. The van der Waals surface area contributed by atoms with Gasteiger partial charge in [-0.2, -0.15) is 13.2 Å². The fraction of sp³-hybridized carbons (Fsp3) is 0.385. The monoisotopic (exact) mass is 256 g/mol. The lowest BCUT2D eigenvalue weighted by Gasteiger charge is -2.06. The van der Waals surface area contributed by atoms with Crippen molar-refractivity contribution < 1.29 is 13.2 Å². The highest BCUT2D eigenvalue weighted by Crippen LogP contribution is 2.32. The first-order valence-corrected chi connectivity index (χ1v) is 5.79. The smallest absolute Gasteiger partial charge is 0.348 e.